The van der Waals surface area contributed by atoms with Crippen LogP contribution in [0.1, 0.15) is 12.0 Å². The molecule has 0 spiro atoms. The predicted molar refractivity (Wildman–Crippen MR) is 64.5 cm³/mol. The first-order valence-corrected chi connectivity index (χ1v) is 5.64. The fourth-order valence-electron chi connectivity index (χ4n) is 1.30. The van der Waals surface area contributed by atoms with Crippen LogP contribution in [0.5, 0.6) is 0 Å². The van der Waals surface area contributed by atoms with Gasteiger partial charge in [-0.2, -0.15) is 13.2 Å². The topological polar surface area (TPSA) is 64.3 Å². The largest absolute Gasteiger partial charge is 0.411 e. The second kappa shape index (κ2) is 7.10. The summed E-state index contributed by atoms with van der Waals surface area (Å²) in [6, 6.07) is 6.87. The number of nitrogens with one attached hydrogen (secondary N) is 1. The van der Waals surface area contributed by atoms with E-state index >= 15 is 0 Å². The van der Waals surface area contributed by atoms with E-state index in [0.29, 0.717) is 12.2 Å². The lowest BCUT2D eigenvalue weighted by Gasteiger charge is -2.08. The number of rotatable bonds is 6. The highest BCUT2D eigenvalue weighted by molar-refractivity contribution is 5.90. The van der Waals surface area contributed by atoms with Crippen LogP contribution in [0.15, 0.2) is 24.3 Å². The van der Waals surface area contributed by atoms with Crippen molar-refractivity contribution in [1.29, 1.82) is 0 Å². The molecule has 1 rings (SSSR count). The SMILES string of the molecule is NCc1ccc(NC(=O)CCOCC(F)(F)F)cc1. The smallest absolute Gasteiger partial charge is 0.372 e. The molecule has 0 radical (unpaired) electrons. The Balaban J connectivity index is 2.27. The molecule has 4 nitrogen and oxygen atoms in total. The van der Waals surface area contributed by atoms with Crippen molar-refractivity contribution in [1.82, 2.24) is 0 Å². The number of hydrogen-bond donors (Lipinski definition) is 2. The summed E-state index contributed by atoms with van der Waals surface area (Å²) in [5.74, 6) is -0.400. The molecule has 0 saturated carbocycles. The van der Waals surface area contributed by atoms with Gasteiger partial charge in [0.15, 0.2) is 0 Å². The molecular formula is C12H15F3N2O2. The number of ether oxygens (including phenoxy) is 1. The van der Waals surface area contributed by atoms with Crippen LogP contribution in [0.3, 0.4) is 0 Å². The van der Waals surface area contributed by atoms with E-state index in [1.807, 2.05) is 0 Å². The number of halogens is 3. The van der Waals surface area contributed by atoms with E-state index < -0.39 is 18.7 Å². The van der Waals surface area contributed by atoms with Gasteiger partial charge >= 0.3 is 6.18 Å². The van der Waals surface area contributed by atoms with Crippen LogP contribution >= 0.6 is 0 Å². The predicted octanol–water partition coefficient (Wildman–Crippen LogP) is 2.05. The fraction of sp³-hybridized carbons (Fsp3) is 0.417. The molecule has 1 aromatic carbocycles. The third-order valence-corrected chi connectivity index (χ3v) is 2.21. The van der Waals surface area contributed by atoms with Crippen LogP contribution in [0, 0.1) is 0 Å². The Labute approximate surface area is 108 Å². The zero-order chi connectivity index (χ0) is 14.3. The van der Waals surface area contributed by atoms with Gasteiger partial charge in [-0.05, 0) is 17.7 Å². The Hall–Kier alpha value is -1.60. The first kappa shape index (κ1) is 15.5. The van der Waals surface area contributed by atoms with Gasteiger partial charge in [-0.1, -0.05) is 12.1 Å². The van der Waals surface area contributed by atoms with E-state index in [1.54, 1.807) is 24.3 Å². The molecule has 7 heteroatoms. The number of hydrogen-bond acceptors (Lipinski definition) is 3. The number of alkyl halides is 3. The number of benzene rings is 1. The molecule has 0 unspecified atom stereocenters. The Morgan fingerprint density at radius 1 is 1.26 bits per heavy atom. The summed E-state index contributed by atoms with van der Waals surface area (Å²) in [5.41, 5.74) is 6.91. The number of anilines is 1. The minimum atomic E-state index is -4.37. The van der Waals surface area contributed by atoms with Crippen LogP contribution in [0.4, 0.5) is 18.9 Å². The van der Waals surface area contributed by atoms with Crippen molar-refractivity contribution in [2.45, 2.75) is 19.1 Å². The second-order valence-electron chi connectivity index (χ2n) is 3.87. The number of carbonyl (C=O) groups is 1. The second-order valence-corrected chi connectivity index (χ2v) is 3.87. The fourth-order valence-corrected chi connectivity index (χ4v) is 1.30. The van der Waals surface area contributed by atoms with Gasteiger partial charge in [-0.3, -0.25) is 4.79 Å². The first-order valence-electron chi connectivity index (χ1n) is 5.64. The van der Waals surface area contributed by atoms with E-state index in [4.69, 9.17) is 5.73 Å². The Morgan fingerprint density at radius 2 is 1.89 bits per heavy atom. The quantitative estimate of drug-likeness (QED) is 0.782. The van der Waals surface area contributed by atoms with E-state index in [1.165, 1.54) is 0 Å². The third-order valence-electron chi connectivity index (χ3n) is 2.21. The zero-order valence-corrected chi connectivity index (χ0v) is 10.2. The van der Waals surface area contributed by atoms with Crippen molar-refractivity contribution < 1.29 is 22.7 Å². The number of amides is 1. The summed E-state index contributed by atoms with van der Waals surface area (Å²) in [4.78, 5) is 11.4. The van der Waals surface area contributed by atoms with Gasteiger partial charge in [0, 0.05) is 12.2 Å². The number of nitrogens with two attached hydrogens (primary N) is 1. The van der Waals surface area contributed by atoms with Gasteiger partial charge in [0.1, 0.15) is 6.61 Å². The molecule has 0 bridgehead atoms. The summed E-state index contributed by atoms with van der Waals surface area (Å²) < 4.78 is 39.6. The van der Waals surface area contributed by atoms with Crippen molar-refractivity contribution in [3.63, 3.8) is 0 Å². The van der Waals surface area contributed by atoms with Gasteiger partial charge in [0.2, 0.25) is 5.91 Å². The maximum atomic E-state index is 11.8. The lowest BCUT2D eigenvalue weighted by molar-refractivity contribution is -0.174. The minimum absolute atomic E-state index is 0.130. The maximum Gasteiger partial charge on any atom is 0.411 e. The monoisotopic (exact) mass is 276 g/mol. The van der Waals surface area contributed by atoms with Gasteiger partial charge in [0.25, 0.3) is 0 Å². The van der Waals surface area contributed by atoms with Crippen LogP contribution in [-0.2, 0) is 16.1 Å². The molecule has 0 aromatic heterocycles. The molecule has 3 N–H and O–H groups in total. The van der Waals surface area contributed by atoms with Crippen LogP contribution in [0.25, 0.3) is 0 Å². The van der Waals surface area contributed by atoms with E-state index in [9.17, 15) is 18.0 Å². The van der Waals surface area contributed by atoms with E-state index in [-0.39, 0.29) is 13.0 Å². The molecule has 0 saturated heterocycles. The highest BCUT2D eigenvalue weighted by atomic mass is 19.4. The average Bonchev–Trinajstić information content (AvgIpc) is 2.34. The molecule has 0 aliphatic carbocycles. The van der Waals surface area contributed by atoms with Gasteiger partial charge in [-0.25, -0.2) is 0 Å². The molecule has 0 aliphatic rings. The Kier molecular flexibility index (Phi) is 5.78. The Bertz CT molecular complexity index is 404. The third kappa shape index (κ3) is 6.78. The molecule has 0 fully saturated rings. The molecule has 106 valence electrons. The molecule has 19 heavy (non-hydrogen) atoms. The molecular weight excluding hydrogens is 261 g/mol. The first-order chi connectivity index (χ1) is 8.90. The van der Waals surface area contributed by atoms with Crippen molar-refractivity contribution in [3.05, 3.63) is 29.8 Å². The average molecular weight is 276 g/mol. The highest BCUT2D eigenvalue weighted by Crippen LogP contribution is 2.14. The molecule has 0 atom stereocenters. The van der Waals surface area contributed by atoms with E-state index in [0.717, 1.165) is 5.56 Å². The lowest BCUT2D eigenvalue weighted by atomic mass is 10.2. The standard InChI is InChI=1S/C12H15F3N2O2/c13-12(14,15)8-19-6-5-11(18)17-10-3-1-9(7-16)2-4-10/h1-4H,5-8,16H2,(H,17,18). The van der Waals surface area contributed by atoms with Crippen LogP contribution in [0.2, 0.25) is 0 Å². The summed E-state index contributed by atoms with van der Waals surface area (Å²) in [7, 11) is 0. The zero-order valence-electron chi connectivity index (χ0n) is 10.2. The summed E-state index contributed by atoms with van der Waals surface area (Å²) in [6.07, 6.45) is -4.50. The minimum Gasteiger partial charge on any atom is -0.372 e. The van der Waals surface area contributed by atoms with Crippen LogP contribution in [-0.4, -0.2) is 25.3 Å². The van der Waals surface area contributed by atoms with Crippen molar-refractivity contribution in [2.75, 3.05) is 18.5 Å². The molecule has 0 heterocycles. The molecule has 0 aliphatic heterocycles. The summed E-state index contributed by atoms with van der Waals surface area (Å²) in [6.45, 7) is -1.21. The lowest BCUT2D eigenvalue weighted by Crippen LogP contribution is -2.20. The normalized spacial score (nSPS) is 11.4. The highest BCUT2D eigenvalue weighted by Gasteiger charge is 2.27. The van der Waals surface area contributed by atoms with Gasteiger partial charge < -0.3 is 15.8 Å². The van der Waals surface area contributed by atoms with Gasteiger partial charge in [-0.15, -0.1) is 0 Å². The van der Waals surface area contributed by atoms with Crippen molar-refractivity contribution >= 4 is 11.6 Å². The Morgan fingerprint density at radius 3 is 2.42 bits per heavy atom. The molecule has 1 aromatic rings. The number of carbonyl (C=O) groups excluding carboxylic acids is 1. The molecule has 1 amide bonds. The maximum absolute atomic E-state index is 11.8. The van der Waals surface area contributed by atoms with Gasteiger partial charge in [0.05, 0.1) is 13.0 Å². The summed E-state index contributed by atoms with van der Waals surface area (Å²) in [5, 5.41) is 2.55. The summed E-state index contributed by atoms with van der Waals surface area (Å²) >= 11 is 0. The van der Waals surface area contributed by atoms with Crippen molar-refractivity contribution in [3.8, 4) is 0 Å². The van der Waals surface area contributed by atoms with E-state index in [2.05, 4.69) is 10.1 Å². The van der Waals surface area contributed by atoms with Crippen molar-refractivity contribution in [2.24, 2.45) is 5.73 Å². The van der Waals surface area contributed by atoms with Crippen LogP contribution < -0.4 is 11.1 Å².